The Morgan fingerprint density at radius 1 is 1.17 bits per heavy atom. The lowest BCUT2D eigenvalue weighted by atomic mass is 9.60. The summed E-state index contributed by atoms with van der Waals surface area (Å²) in [7, 11) is -1.78. The standard InChI is InChI=1S/C25H48O3Si/c1-23(2,3)29(7,8)28-22-12-10-17-25(6)20(13-14-21(22)25)19(15-18-26)11-9-16-24(4,5)27/h18-22,27H,9-17H2,1-8H3/t19?,20?,21?,22-,25+/m0/s1. The number of aliphatic hydroxyl groups is 1. The van der Waals surface area contributed by atoms with Gasteiger partial charge in [0.05, 0.1) is 5.60 Å². The summed E-state index contributed by atoms with van der Waals surface area (Å²) in [6.45, 7) is 18.1. The second-order valence-electron chi connectivity index (χ2n) is 12.5. The smallest absolute Gasteiger partial charge is 0.192 e. The Labute approximate surface area is 181 Å². The fourth-order valence-electron chi connectivity index (χ4n) is 6.03. The molecular formula is C25H48O3Si. The van der Waals surface area contributed by atoms with Gasteiger partial charge in [-0.05, 0) is 93.7 Å². The molecule has 0 aromatic carbocycles. The molecular weight excluding hydrogens is 376 g/mol. The Hall–Kier alpha value is -0.193. The maximum absolute atomic E-state index is 11.5. The van der Waals surface area contributed by atoms with Gasteiger partial charge in [0.25, 0.3) is 0 Å². The molecule has 3 unspecified atom stereocenters. The first-order valence-corrected chi connectivity index (χ1v) is 15.0. The molecule has 2 aliphatic carbocycles. The van der Waals surface area contributed by atoms with Crippen LogP contribution in [0.25, 0.3) is 0 Å². The van der Waals surface area contributed by atoms with E-state index in [-0.39, 0.29) is 5.04 Å². The molecule has 0 aliphatic heterocycles. The van der Waals surface area contributed by atoms with Crippen LogP contribution in [-0.2, 0) is 9.22 Å². The topological polar surface area (TPSA) is 46.5 Å². The highest BCUT2D eigenvalue weighted by atomic mass is 28.4. The minimum Gasteiger partial charge on any atom is -0.414 e. The van der Waals surface area contributed by atoms with Crippen LogP contribution in [0.3, 0.4) is 0 Å². The normalized spacial score (nSPS) is 32.1. The number of fused-ring (bicyclic) bond motifs is 1. The van der Waals surface area contributed by atoms with Gasteiger partial charge in [0.2, 0.25) is 0 Å². The molecule has 0 saturated heterocycles. The van der Waals surface area contributed by atoms with Crippen molar-refractivity contribution in [2.24, 2.45) is 23.2 Å². The third-order valence-electron chi connectivity index (χ3n) is 8.72. The van der Waals surface area contributed by atoms with E-state index < -0.39 is 13.9 Å². The van der Waals surface area contributed by atoms with Crippen LogP contribution < -0.4 is 0 Å². The largest absolute Gasteiger partial charge is 0.414 e. The van der Waals surface area contributed by atoms with Gasteiger partial charge in [0.15, 0.2) is 8.32 Å². The van der Waals surface area contributed by atoms with Crippen LogP contribution in [0.1, 0.15) is 99.3 Å². The third-order valence-corrected chi connectivity index (χ3v) is 13.2. The number of aldehydes is 1. The molecule has 5 atom stereocenters. The second kappa shape index (κ2) is 9.12. The summed E-state index contributed by atoms with van der Waals surface area (Å²) < 4.78 is 6.97. The van der Waals surface area contributed by atoms with Crippen LogP contribution in [0.4, 0.5) is 0 Å². The average molecular weight is 425 g/mol. The molecule has 1 N–H and O–H groups in total. The molecule has 0 aromatic heterocycles. The van der Waals surface area contributed by atoms with Crippen molar-refractivity contribution < 1.29 is 14.3 Å². The Morgan fingerprint density at radius 3 is 2.38 bits per heavy atom. The van der Waals surface area contributed by atoms with E-state index in [4.69, 9.17) is 4.43 Å². The van der Waals surface area contributed by atoms with Crippen molar-refractivity contribution in [1.82, 2.24) is 0 Å². The fraction of sp³-hybridized carbons (Fsp3) is 0.960. The van der Waals surface area contributed by atoms with Crippen LogP contribution in [0.5, 0.6) is 0 Å². The SMILES string of the molecule is CC(C)(O)CCCC(CC=O)C1CCC2[C@@H](O[Si](C)(C)C(C)(C)C)CCC[C@]12C. The summed E-state index contributed by atoms with van der Waals surface area (Å²) in [5.41, 5.74) is -0.311. The highest BCUT2D eigenvalue weighted by Crippen LogP contribution is 2.60. The summed E-state index contributed by atoms with van der Waals surface area (Å²) in [5, 5.41) is 10.3. The van der Waals surface area contributed by atoms with E-state index in [9.17, 15) is 9.90 Å². The average Bonchev–Trinajstić information content (AvgIpc) is 2.89. The molecule has 4 heteroatoms. The van der Waals surface area contributed by atoms with Crippen LogP contribution in [0.2, 0.25) is 18.1 Å². The Kier molecular flexibility index (Phi) is 7.88. The number of rotatable bonds is 9. The summed E-state index contributed by atoms with van der Waals surface area (Å²) in [6.07, 6.45) is 11.3. The van der Waals surface area contributed by atoms with Gasteiger partial charge in [-0.1, -0.05) is 40.5 Å². The van der Waals surface area contributed by atoms with Gasteiger partial charge < -0.3 is 14.3 Å². The summed E-state index contributed by atoms with van der Waals surface area (Å²) in [4.78, 5) is 11.5. The number of hydrogen-bond donors (Lipinski definition) is 1. The van der Waals surface area contributed by atoms with E-state index >= 15 is 0 Å². The molecule has 29 heavy (non-hydrogen) atoms. The van der Waals surface area contributed by atoms with Gasteiger partial charge in [0.1, 0.15) is 6.29 Å². The Balaban J connectivity index is 2.13. The Morgan fingerprint density at radius 2 is 1.83 bits per heavy atom. The van der Waals surface area contributed by atoms with Crippen molar-refractivity contribution in [3.63, 3.8) is 0 Å². The fourth-order valence-corrected chi connectivity index (χ4v) is 7.43. The molecule has 0 amide bonds. The maximum Gasteiger partial charge on any atom is 0.192 e. The van der Waals surface area contributed by atoms with Crippen LogP contribution >= 0.6 is 0 Å². The molecule has 0 aromatic rings. The van der Waals surface area contributed by atoms with Crippen molar-refractivity contribution in [3.05, 3.63) is 0 Å². The third kappa shape index (κ3) is 5.95. The van der Waals surface area contributed by atoms with E-state index in [1.165, 1.54) is 32.1 Å². The predicted octanol–water partition coefficient (Wildman–Crippen LogP) is 6.74. The number of hydrogen-bond acceptors (Lipinski definition) is 3. The first-order chi connectivity index (χ1) is 13.2. The molecule has 3 nitrogen and oxygen atoms in total. The highest BCUT2D eigenvalue weighted by Gasteiger charge is 2.54. The molecule has 0 spiro atoms. The molecule has 0 bridgehead atoms. The van der Waals surface area contributed by atoms with Crippen LogP contribution in [0, 0.1) is 23.2 Å². The monoisotopic (exact) mass is 424 g/mol. The van der Waals surface area contributed by atoms with E-state index in [1.807, 2.05) is 13.8 Å². The van der Waals surface area contributed by atoms with Crippen LogP contribution in [-0.4, -0.2) is 31.4 Å². The molecule has 2 fully saturated rings. The molecule has 0 radical (unpaired) electrons. The minimum absolute atomic E-state index is 0.246. The van der Waals surface area contributed by atoms with E-state index in [0.29, 0.717) is 35.7 Å². The summed E-state index contributed by atoms with van der Waals surface area (Å²) in [5.74, 6) is 1.71. The van der Waals surface area contributed by atoms with Gasteiger partial charge in [0, 0.05) is 12.5 Å². The summed E-state index contributed by atoms with van der Waals surface area (Å²) in [6, 6.07) is 0. The quantitative estimate of drug-likeness (QED) is 0.329. The molecule has 2 rings (SSSR count). The summed E-state index contributed by atoms with van der Waals surface area (Å²) >= 11 is 0. The van der Waals surface area contributed by atoms with Crippen molar-refractivity contribution in [2.45, 2.75) is 129 Å². The maximum atomic E-state index is 11.5. The minimum atomic E-state index is -1.78. The van der Waals surface area contributed by atoms with Crippen molar-refractivity contribution in [3.8, 4) is 0 Å². The van der Waals surface area contributed by atoms with E-state index in [1.54, 1.807) is 0 Å². The first-order valence-electron chi connectivity index (χ1n) is 12.0. The van der Waals surface area contributed by atoms with E-state index in [2.05, 4.69) is 40.8 Å². The second-order valence-corrected chi connectivity index (χ2v) is 17.2. The van der Waals surface area contributed by atoms with Gasteiger partial charge in [-0.2, -0.15) is 0 Å². The number of carbonyl (C=O) groups excluding carboxylic acids is 1. The Bertz CT molecular complexity index is 545. The zero-order valence-electron chi connectivity index (χ0n) is 20.5. The lowest BCUT2D eigenvalue weighted by Crippen LogP contribution is -2.50. The first kappa shape index (κ1) is 25.1. The van der Waals surface area contributed by atoms with Gasteiger partial charge in [-0.15, -0.1) is 0 Å². The van der Waals surface area contributed by atoms with Gasteiger partial charge in [-0.25, -0.2) is 0 Å². The predicted molar refractivity (Wildman–Crippen MR) is 125 cm³/mol. The zero-order valence-corrected chi connectivity index (χ0v) is 21.5. The lowest BCUT2D eigenvalue weighted by molar-refractivity contribution is -0.109. The van der Waals surface area contributed by atoms with Crippen LogP contribution in [0.15, 0.2) is 0 Å². The zero-order chi connectivity index (χ0) is 22.1. The lowest BCUT2D eigenvalue weighted by Gasteiger charge is -2.50. The van der Waals surface area contributed by atoms with Gasteiger partial charge >= 0.3 is 0 Å². The van der Waals surface area contributed by atoms with Crippen molar-refractivity contribution in [2.75, 3.05) is 0 Å². The molecule has 0 heterocycles. The van der Waals surface area contributed by atoms with E-state index in [0.717, 1.165) is 25.5 Å². The number of carbonyl (C=O) groups is 1. The molecule has 2 saturated carbocycles. The van der Waals surface area contributed by atoms with Gasteiger partial charge in [-0.3, -0.25) is 0 Å². The highest BCUT2D eigenvalue weighted by molar-refractivity contribution is 6.74. The van der Waals surface area contributed by atoms with Crippen molar-refractivity contribution in [1.29, 1.82) is 0 Å². The van der Waals surface area contributed by atoms with Crippen molar-refractivity contribution >= 4 is 14.6 Å². The molecule has 2 aliphatic rings. The molecule has 170 valence electrons.